The van der Waals surface area contributed by atoms with Gasteiger partial charge in [-0.1, -0.05) is 12.1 Å². The molecule has 0 heterocycles. The third-order valence-corrected chi connectivity index (χ3v) is 2.08. The van der Waals surface area contributed by atoms with Crippen molar-refractivity contribution >= 4 is 0 Å². The molecule has 78 valence electrons. The van der Waals surface area contributed by atoms with E-state index >= 15 is 0 Å². The Labute approximate surface area is 84.1 Å². The highest BCUT2D eigenvalue weighted by Crippen LogP contribution is 2.11. The first-order valence-corrected chi connectivity index (χ1v) is 4.68. The highest BCUT2D eigenvalue weighted by Gasteiger charge is 2.02. The molecule has 0 unspecified atom stereocenters. The van der Waals surface area contributed by atoms with Crippen LogP contribution in [0.4, 0.5) is 4.39 Å². The minimum Gasteiger partial charge on any atom is -0.380 e. The van der Waals surface area contributed by atoms with E-state index in [4.69, 9.17) is 4.74 Å². The molecule has 0 saturated carbocycles. The smallest absolute Gasteiger partial charge is 0.128 e. The van der Waals surface area contributed by atoms with E-state index in [1.165, 1.54) is 0 Å². The van der Waals surface area contributed by atoms with Gasteiger partial charge in [0.15, 0.2) is 0 Å². The highest BCUT2D eigenvalue weighted by atomic mass is 19.1. The molecule has 14 heavy (non-hydrogen) atoms. The quantitative estimate of drug-likeness (QED) is 0.776. The van der Waals surface area contributed by atoms with E-state index in [-0.39, 0.29) is 5.82 Å². The maximum atomic E-state index is 13.4. The van der Waals surface area contributed by atoms with Crippen molar-refractivity contribution in [1.29, 1.82) is 0 Å². The van der Waals surface area contributed by atoms with Gasteiger partial charge in [0.1, 0.15) is 5.82 Å². The predicted octanol–water partition coefficient (Wildman–Crippen LogP) is 1.73. The number of benzene rings is 1. The van der Waals surface area contributed by atoms with Gasteiger partial charge in [0, 0.05) is 12.7 Å². The predicted molar refractivity (Wildman–Crippen MR) is 54.7 cm³/mol. The molecule has 0 saturated heterocycles. The number of hydrogen-bond acceptors (Lipinski definition) is 2. The molecule has 0 spiro atoms. The lowest BCUT2D eigenvalue weighted by Crippen LogP contribution is -2.10. The first-order valence-electron chi connectivity index (χ1n) is 4.68. The fourth-order valence-electron chi connectivity index (χ4n) is 1.29. The van der Waals surface area contributed by atoms with Crippen LogP contribution in [0.1, 0.15) is 11.1 Å². The van der Waals surface area contributed by atoms with Crippen LogP contribution >= 0.6 is 0 Å². The van der Waals surface area contributed by atoms with Gasteiger partial charge in [-0.3, -0.25) is 0 Å². The zero-order valence-corrected chi connectivity index (χ0v) is 8.64. The summed E-state index contributed by atoms with van der Waals surface area (Å²) in [7, 11) is 3.45. The number of methoxy groups -OCH3 is 1. The van der Waals surface area contributed by atoms with Crippen LogP contribution in [0.5, 0.6) is 0 Å². The summed E-state index contributed by atoms with van der Waals surface area (Å²) >= 11 is 0. The highest BCUT2D eigenvalue weighted by molar-refractivity contribution is 5.24. The second kappa shape index (κ2) is 5.73. The van der Waals surface area contributed by atoms with E-state index in [2.05, 4.69) is 5.32 Å². The Morgan fingerprint density at radius 1 is 1.43 bits per heavy atom. The molecule has 0 amide bonds. The van der Waals surface area contributed by atoms with Gasteiger partial charge >= 0.3 is 0 Å². The first kappa shape index (κ1) is 11.1. The molecule has 1 rings (SSSR count). The summed E-state index contributed by atoms with van der Waals surface area (Å²) in [4.78, 5) is 0. The van der Waals surface area contributed by atoms with Crippen LogP contribution in [0.2, 0.25) is 0 Å². The Bertz CT molecular complexity index is 289. The molecule has 0 aliphatic rings. The molecule has 0 aromatic heterocycles. The van der Waals surface area contributed by atoms with Gasteiger partial charge in [-0.25, -0.2) is 4.39 Å². The number of rotatable bonds is 5. The molecule has 3 heteroatoms. The Morgan fingerprint density at radius 2 is 2.21 bits per heavy atom. The second-order valence-electron chi connectivity index (χ2n) is 3.21. The lowest BCUT2D eigenvalue weighted by molar-refractivity contribution is 0.181. The molecule has 2 nitrogen and oxygen atoms in total. The fourth-order valence-corrected chi connectivity index (χ4v) is 1.29. The second-order valence-corrected chi connectivity index (χ2v) is 3.21. The summed E-state index contributed by atoms with van der Waals surface area (Å²) in [5.74, 6) is -0.180. The van der Waals surface area contributed by atoms with Crippen LogP contribution < -0.4 is 5.32 Å². The van der Waals surface area contributed by atoms with Crippen LogP contribution in [0.15, 0.2) is 18.2 Å². The minimum atomic E-state index is -0.180. The average molecular weight is 197 g/mol. The number of halogens is 1. The van der Waals surface area contributed by atoms with Gasteiger partial charge in [0.05, 0.1) is 6.61 Å². The lowest BCUT2D eigenvalue weighted by Gasteiger charge is -2.05. The van der Waals surface area contributed by atoms with Gasteiger partial charge in [0.2, 0.25) is 0 Å². The summed E-state index contributed by atoms with van der Waals surface area (Å²) in [5.41, 5.74) is 1.62. The van der Waals surface area contributed by atoms with E-state index in [0.29, 0.717) is 12.2 Å². The maximum absolute atomic E-state index is 13.4. The van der Waals surface area contributed by atoms with Crippen LogP contribution in [-0.4, -0.2) is 20.7 Å². The summed E-state index contributed by atoms with van der Waals surface area (Å²) in [6.45, 7) is 1.20. The van der Waals surface area contributed by atoms with Crippen molar-refractivity contribution in [2.45, 2.75) is 13.0 Å². The van der Waals surface area contributed by atoms with Crippen molar-refractivity contribution in [3.63, 3.8) is 0 Å². The van der Waals surface area contributed by atoms with E-state index in [1.54, 1.807) is 19.2 Å². The maximum Gasteiger partial charge on any atom is 0.128 e. The third-order valence-electron chi connectivity index (χ3n) is 2.08. The number of ether oxygens (including phenoxy) is 1. The molecular formula is C11H16FNO. The van der Waals surface area contributed by atoms with Crippen molar-refractivity contribution in [1.82, 2.24) is 5.32 Å². The van der Waals surface area contributed by atoms with Crippen molar-refractivity contribution < 1.29 is 9.13 Å². The van der Waals surface area contributed by atoms with E-state index in [1.807, 2.05) is 13.1 Å². The van der Waals surface area contributed by atoms with Crippen molar-refractivity contribution in [2.24, 2.45) is 0 Å². The summed E-state index contributed by atoms with van der Waals surface area (Å²) < 4.78 is 18.2. The Morgan fingerprint density at radius 3 is 2.79 bits per heavy atom. The largest absolute Gasteiger partial charge is 0.380 e. The third kappa shape index (κ3) is 3.09. The first-order chi connectivity index (χ1) is 6.77. The molecule has 0 radical (unpaired) electrons. The normalized spacial score (nSPS) is 10.5. The Kier molecular flexibility index (Phi) is 4.56. The van der Waals surface area contributed by atoms with E-state index in [9.17, 15) is 4.39 Å². The average Bonchev–Trinajstić information content (AvgIpc) is 2.19. The van der Waals surface area contributed by atoms with Crippen molar-refractivity contribution in [2.75, 3.05) is 20.7 Å². The standard InChI is InChI=1S/C11H16FNO/c1-13-6-5-9-3-4-10(8-14-2)11(12)7-9/h3-4,7,13H,5-6,8H2,1-2H3. The van der Waals surface area contributed by atoms with Crippen molar-refractivity contribution in [3.05, 3.63) is 35.1 Å². The van der Waals surface area contributed by atoms with Crippen molar-refractivity contribution in [3.8, 4) is 0 Å². The van der Waals surface area contributed by atoms with Crippen LogP contribution in [-0.2, 0) is 17.8 Å². The summed E-state index contributed by atoms with van der Waals surface area (Å²) in [6.07, 6.45) is 0.848. The van der Waals surface area contributed by atoms with E-state index in [0.717, 1.165) is 18.5 Å². The SMILES string of the molecule is CNCCc1ccc(COC)c(F)c1. The molecular weight excluding hydrogens is 181 g/mol. The lowest BCUT2D eigenvalue weighted by atomic mass is 10.1. The van der Waals surface area contributed by atoms with Gasteiger partial charge in [0.25, 0.3) is 0 Å². The topological polar surface area (TPSA) is 21.3 Å². The van der Waals surface area contributed by atoms with E-state index < -0.39 is 0 Å². The number of hydrogen-bond donors (Lipinski definition) is 1. The molecule has 0 atom stereocenters. The summed E-state index contributed by atoms with van der Waals surface area (Å²) in [6, 6.07) is 5.30. The molecule has 1 aromatic rings. The summed E-state index contributed by atoms with van der Waals surface area (Å²) in [5, 5.41) is 3.03. The molecule has 0 aliphatic heterocycles. The minimum absolute atomic E-state index is 0.180. The Hall–Kier alpha value is -0.930. The van der Waals surface area contributed by atoms with Gasteiger partial charge < -0.3 is 10.1 Å². The van der Waals surface area contributed by atoms with Gasteiger partial charge in [-0.2, -0.15) is 0 Å². The fraction of sp³-hybridized carbons (Fsp3) is 0.455. The van der Waals surface area contributed by atoms with Crippen LogP contribution in [0, 0.1) is 5.82 Å². The zero-order chi connectivity index (χ0) is 10.4. The van der Waals surface area contributed by atoms with Crippen LogP contribution in [0.3, 0.4) is 0 Å². The molecule has 1 aromatic carbocycles. The zero-order valence-electron chi connectivity index (χ0n) is 8.64. The number of likely N-dealkylation sites (N-methyl/N-ethyl adjacent to an activating group) is 1. The van der Waals surface area contributed by atoms with Crippen LogP contribution in [0.25, 0.3) is 0 Å². The Balaban J connectivity index is 2.68. The number of nitrogens with one attached hydrogen (secondary N) is 1. The molecule has 1 N–H and O–H groups in total. The monoisotopic (exact) mass is 197 g/mol. The molecule has 0 aliphatic carbocycles. The van der Waals surface area contributed by atoms with Gasteiger partial charge in [-0.15, -0.1) is 0 Å². The molecule has 0 bridgehead atoms. The molecule has 0 fully saturated rings. The van der Waals surface area contributed by atoms with Gasteiger partial charge in [-0.05, 0) is 31.6 Å².